The van der Waals surface area contributed by atoms with Crippen LogP contribution in [0.3, 0.4) is 0 Å². The Morgan fingerprint density at radius 3 is 2.90 bits per heavy atom. The van der Waals surface area contributed by atoms with Crippen LogP contribution in [0.25, 0.3) is 4.96 Å². The highest BCUT2D eigenvalue weighted by Crippen LogP contribution is 2.14. The number of hydrogen-bond acceptors (Lipinski definition) is 4. The number of rotatable bonds is 3. The Hall–Kier alpha value is -2.28. The van der Waals surface area contributed by atoms with Crippen LogP contribution in [-0.2, 0) is 6.54 Å². The summed E-state index contributed by atoms with van der Waals surface area (Å²) in [6, 6.07) is 6.00. The van der Waals surface area contributed by atoms with E-state index in [1.165, 1.54) is 28.0 Å². The third kappa shape index (κ3) is 2.27. The van der Waals surface area contributed by atoms with Gasteiger partial charge in [0.15, 0.2) is 5.69 Å². The Balaban J connectivity index is 1.77. The highest BCUT2D eigenvalue weighted by molar-refractivity contribution is 7.14. The molecule has 0 spiro atoms. The number of carbonyl (C=O) groups is 1. The summed E-state index contributed by atoms with van der Waals surface area (Å²) in [6.45, 7) is 2.10. The lowest BCUT2D eigenvalue weighted by Crippen LogP contribution is -2.25. The molecular formula is C13H11FN4OS. The van der Waals surface area contributed by atoms with Gasteiger partial charge in [0, 0.05) is 6.54 Å². The van der Waals surface area contributed by atoms with E-state index < -0.39 is 0 Å². The number of amides is 1. The van der Waals surface area contributed by atoms with Gasteiger partial charge in [0.1, 0.15) is 11.3 Å². The Bertz CT molecular complexity index is 762. The van der Waals surface area contributed by atoms with E-state index in [1.54, 1.807) is 24.6 Å². The Kier molecular flexibility index (Phi) is 3.19. The monoisotopic (exact) mass is 290 g/mol. The molecule has 7 heteroatoms. The molecule has 0 saturated carbocycles. The maximum Gasteiger partial charge on any atom is 0.272 e. The van der Waals surface area contributed by atoms with E-state index >= 15 is 0 Å². The second kappa shape index (κ2) is 5.01. The zero-order chi connectivity index (χ0) is 14.1. The van der Waals surface area contributed by atoms with Gasteiger partial charge in [-0.25, -0.2) is 9.37 Å². The standard InChI is InChI=1S/C13H11FN4OS/c1-8-11(18-13(17-8)20-7-16-18)12(19)15-6-9-2-4-10(14)5-3-9/h2-5,7H,6H2,1H3,(H,15,19). The lowest BCUT2D eigenvalue weighted by atomic mass is 10.2. The third-order valence-electron chi connectivity index (χ3n) is 2.90. The third-order valence-corrected chi connectivity index (χ3v) is 3.58. The summed E-state index contributed by atoms with van der Waals surface area (Å²) in [5, 5.41) is 6.88. The highest BCUT2D eigenvalue weighted by Gasteiger charge is 2.17. The second-order valence-electron chi connectivity index (χ2n) is 4.29. The van der Waals surface area contributed by atoms with Crippen molar-refractivity contribution in [3.63, 3.8) is 0 Å². The van der Waals surface area contributed by atoms with Gasteiger partial charge in [-0.2, -0.15) is 9.61 Å². The molecule has 102 valence electrons. The quantitative estimate of drug-likeness (QED) is 0.804. The van der Waals surface area contributed by atoms with Gasteiger partial charge in [0.05, 0.1) is 5.69 Å². The van der Waals surface area contributed by atoms with Crippen LogP contribution in [0.4, 0.5) is 4.39 Å². The minimum atomic E-state index is -0.295. The Labute approximate surface area is 118 Å². The van der Waals surface area contributed by atoms with E-state index in [0.717, 1.165) is 5.56 Å². The molecule has 5 nitrogen and oxygen atoms in total. The van der Waals surface area contributed by atoms with Gasteiger partial charge in [-0.1, -0.05) is 23.5 Å². The zero-order valence-electron chi connectivity index (χ0n) is 10.6. The molecule has 1 amide bonds. The molecule has 3 rings (SSSR count). The molecule has 0 atom stereocenters. The summed E-state index contributed by atoms with van der Waals surface area (Å²) in [5.74, 6) is -0.541. The van der Waals surface area contributed by atoms with Crippen LogP contribution >= 0.6 is 11.3 Å². The molecule has 0 aliphatic rings. The van der Waals surface area contributed by atoms with E-state index in [1.807, 2.05) is 0 Å². The van der Waals surface area contributed by atoms with Gasteiger partial charge in [-0.05, 0) is 24.6 Å². The molecule has 2 aromatic heterocycles. The SMILES string of the molecule is Cc1nc2scnn2c1C(=O)NCc1ccc(F)cc1. The largest absolute Gasteiger partial charge is 0.347 e. The van der Waals surface area contributed by atoms with Crippen molar-refractivity contribution in [1.82, 2.24) is 19.9 Å². The van der Waals surface area contributed by atoms with Crippen molar-refractivity contribution < 1.29 is 9.18 Å². The fraction of sp³-hybridized carbons (Fsp3) is 0.154. The van der Waals surface area contributed by atoms with Crippen LogP contribution in [0, 0.1) is 12.7 Å². The fourth-order valence-corrected chi connectivity index (χ4v) is 2.59. The molecule has 1 N–H and O–H groups in total. The smallest absolute Gasteiger partial charge is 0.272 e. The van der Waals surface area contributed by atoms with E-state index in [2.05, 4.69) is 15.4 Å². The number of fused-ring (bicyclic) bond motifs is 1. The molecule has 0 unspecified atom stereocenters. The zero-order valence-corrected chi connectivity index (χ0v) is 11.4. The summed E-state index contributed by atoms with van der Waals surface area (Å²) in [6.07, 6.45) is 0. The number of hydrogen-bond donors (Lipinski definition) is 1. The average Bonchev–Trinajstić information content (AvgIpc) is 2.97. The van der Waals surface area contributed by atoms with Gasteiger partial charge in [0.2, 0.25) is 4.96 Å². The summed E-state index contributed by atoms with van der Waals surface area (Å²) in [4.78, 5) is 17.2. The molecule has 0 aliphatic carbocycles. The molecule has 0 radical (unpaired) electrons. The van der Waals surface area contributed by atoms with Crippen LogP contribution in [0.1, 0.15) is 21.7 Å². The minimum Gasteiger partial charge on any atom is -0.347 e. The molecule has 3 aromatic rings. The Morgan fingerprint density at radius 1 is 1.40 bits per heavy atom. The van der Waals surface area contributed by atoms with Crippen molar-refractivity contribution in [2.75, 3.05) is 0 Å². The van der Waals surface area contributed by atoms with Gasteiger partial charge in [-0.15, -0.1) is 0 Å². The fourth-order valence-electron chi connectivity index (χ4n) is 1.92. The predicted molar refractivity (Wildman–Crippen MR) is 73.2 cm³/mol. The number of benzene rings is 1. The van der Waals surface area contributed by atoms with Crippen LogP contribution in [0.5, 0.6) is 0 Å². The van der Waals surface area contributed by atoms with Gasteiger partial charge < -0.3 is 5.32 Å². The molecule has 0 saturated heterocycles. The first kappa shape index (κ1) is 12.7. The lowest BCUT2D eigenvalue weighted by Gasteiger charge is -2.05. The summed E-state index contributed by atoms with van der Waals surface area (Å²) in [5.41, 5.74) is 3.54. The van der Waals surface area contributed by atoms with E-state index in [0.29, 0.717) is 22.9 Å². The number of halogens is 1. The Morgan fingerprint density at radius 2 is 2.15 bits per heavy atom. The van der Waals surface area contributed by atoms with Crippen LogP contribution in [0.2, 0.25) is 0 Å². The minimum absolute atomic E-state index is 0.245. The van der Waals surface area contributed by atoms with Crippen molar-refractivity contribution in [3.05, 3.63) is 52.5 Å². The van der Waals surface area contributed by atoms with E-state index in [9.17, 15) is 9.18 Å². The number of aryl methyl sites for hydroxylation is 1. The average molecular weight is 290 g/mol. The number of nitrogens with one attached hydrogen (secondary N) is 1. The molecular weight excluding hydrogens is 279 g/mol. The van der Waals surface area contributed by atoms with Crippen LogP contribution in [0.15, 0.2) is 29.8 Å². The van der Waals surface area contributed by atoms with Gasteiger partial charge in [-0.3, -0.25) is 4.79 Å². The predicted octanol–water partition coefficient (Wildman–Crippen LogP) is 2.17. The molecule has 0 bridgehead atoms. The van der Waals surface area contributed by atoms with Crippen molar-refractivity contribution in [2.45, 2.75) is 13.5 Å². The molecule has 0 aliphatic heterocycles. The van der Waals surface area contributed by atoms with E-state index in [4.69, 9.17) is 0 Å². The first-order chi connectivity index (χ1) is 9.65. The molecule has 20 heavy (non-hydrogen) atoms. The number of aromatic nitrogens is 3. The maximum atomic E-state index is 12.8. The van der Waals surface area contributed by atoms with Gasteiger partial charge >= 0.3 is 0 Å². The summed E-state index contributed by atoms with van der Waals surface area (Å²) < 4.78 is 14.3. The number of imidazole rings is 1. The lowest BCUT2D eigenvalue weighted by molar-refractivity contribution is 0.0943. The van der Waals surface area contributed by atoms with Crippen LogP contribution < -0.4 is 5.32 Å². The molecule has 0 fully saturated rings. The summed E-state index contributed by atoms with van der Waals surface area (Å²) >= 11 is 1.37. The van der Waals surface area contributed by atoms with Crippen molar-refractivity contribution in [2.24, 2.45) is 0 Å². The topological polar surface area (TPSA) is 59.3 Å². The van der Waals surface area contributed by atoms with E-state index in [-0.39, 0.29) is 11.7 Å². The first-order valence-corrected chi connectivity index (χ1v) is 6.84. The first-order valence-electron chi connectivity index (χ1n) is 5.96. The summed E-state index contributed by atoms with van der Waals surface area (Å²) in [7, 11) is 0. The molecule has 1 aromatic carbocycles. The number of nitrogens with zero attached hydrogens (tertiary/aromatic N) is 3. The van der Waals surface area contributed by atoms with Crippen molar-refractivity contribution in [1.29, 1.82) is 0 Å². The maximum absolute atomic E-state index is 12.8. The van der Waals surface area contributed by atoms with Crippen molar-refractivity contribution >= 4 is 22.2 Å². The number of carbonyl (C=O) groups excluding carboxylic acids is 1. The van der Waals surface area contributed by atoms with Gasteiger partial charge in [0.25, 0.3) is 5.91 Å². The highest BCUT2D eigenvalue weighted by atomic mass is 32.1. The molecule has 2 heterocycles. The normalized spacial score (nSPS) is 10.9. The van der Waals surface area contributed by atoms with Crippen LogP contribution in [-0.4, -0.2) is 20.5 Å². The second-order valence-corrected chi connectivity index (χ2v) is 5.10. The van der Waals surface area contributed by atoms with Crippen molar-refractivity contribution in [3.8, 4) is 0 Å².